The first-order valence-corrected chi connectivity index (χ1v) is 7.66. The Balaban J connectivity index is 1.86. The van der Waals surface area contributed by atoms with E-state index in [0.29, 0.717) is 43.5 Å². The van der Waals surface area contributed by atoms with E-state index >= 15 is 0 Å². The second-order valence-corrected chi connectivity index (χ2v) is 5.58. The minimum Gasteiger partial charge on any atom is -0.492 e. The van der Waals surface area contributed by atoms with Crippen LogP contribution in [-0.4, -0.2) is 63.9 Å². The number of nitrogens with one attached hydrogen (secondary N) is 1. The number of nitrogens with two attached hydrogens (primary N) is 1. The zero-order valence-corrected chi connectivity index (χ0v) is 13.1. The summed E-state index contributed by atoms with van der Waals surface area (Å²) in [7, 11) is 2.07. The average Bonchev–Trinajstić information content (AvgIpc) is 2.75. The summed E-state index contributed by atoms with van der Waals surface area (Å²) >= 11 is 0. The van der Waals surface area contributed by atoms with Gasteiger partial charge >= 0.3 is 0 Å². The number of carbonyl (C=O) groups excluding carboxylic acids is 1. The number of ether oxygens (including phenoxy) is 2. The van der Waals surface area contributed by atoms with Crippen LogP contribution < -0.4 is 15.8 Å². The fourth-order valence-electron chi connectivity index (χ4n) is 2.42. The summed E-state index contributed by atoms with van der Waals surface area (Å²) in [4.78, 5) is 14.5. The standard InChI is InChI=1S/C16H25N3O3/c1-19-6-8-21-12-13(11-19)10-18-16(20)14-3-2-4-15(9-14)22-7-5-17/h2-4,9,13H,5-8,10-12,17H2,1H3,(H,18,20)/t13-/m0/s1. The van der Waals surface area contributed by atoms with Gasteiger partial charge in [0.05, 0.1) is 13.2 Å². The summed E-state index contributed by atoms with van der Waals surface area (Å²) in [5.41, 5.74) is 6.00. The van der Waals surface area contributed by atoms with Gasteiger partial charge in [-0.3, -0.25) is 4.79 Å². The van der Waals surface area contributed by atoms with E-state index in [1.165, 1.54) is 0 Å². The first kappa shape index (κ1) is 16.7. The van der Waals surface area contributed by atoms with Gasteiger partial charge in [-0.25, -0.2) is 0 Å². The molecule has 0 saturated carbocycles. The Hall–Kier alpha value is -1.63. The van der Waals surface area contributed by atoms with Gasteiger partial charge in [0.1, 0.15) is 12.4 Å². The summed E-state index contributed by atoms with van der Waals surface area (Å²) in [6.07, 6.45) is 0. The highest BCUT2D eigenvalue weighted by Crippen LogP contribution is 2.13. The molecule has 0 radical (unpaired) electrons. The quantitative estimate of drug-likeness (QED) is 0.792. The molecule has 0 aliphatic carbocycles. The molecule has 1 aromatic rings. The maximum Gasteiger partial charge on any atom is 0.251 e. The van der Waals surface area contributed by atoms with Crippen molar-refractivity contribution in [2.45, 2.75) is 0 Å². The molecule has 1 fully saturated rings. The topological polar surface area (TPSA) is 76.8 Å². The van der Waals surface area contributed by atoms with E-state index in [0.717, 1.165) is 19.7 Å². The normalized spacial score (nSPS) is 19.5. The molecule has 1 aromatic carbocycles. The minimum atomic E-state index is -0.0925. The molecule has 122 valence electrons. The molecule has 1 atom stereocenters. The summed E-state index contributed by atoms with van der Waals surface area (Å²) in [5, 5.41) is 2.97. The molecular formula is C16H25N3O3. The van der Waals surface area contributed by atoms with E-state index in [9.17, 15) is 4.79 Å². The lowest BCUT2D eigenvalue weighted by molar-refractivity contribution is 0.0921. The van der Waals surface area contributed by atoms with Crippen molar-refractivity contribution < 1.29 is 14.3 Å². The number of benzene rings is 1. The van der Waals surface area contributed by atoms with Crippen molar-refractivity contribution in [2.24, 2.45) is 11.7 Å². The summed E-state index contributed by atoms with van der Waals surface area (Å²) in [6, 6.07) is 7.14. The van der Waals surface area contributed by atoms with E-state index in [2.05, 4.69) is 17.3 Å². The average molecular weight is 307 g/mol. The summed E-state index contributed by atoms with van der Waals surface area (Å²) in [5.74, 6) is 0.883. The predicted molar refractivity (Wildman–Crippen MR) is 85.1 cm³/mol. The maximum atomic E-state index is 12.2. The van der Waals surface area contributed by atoms with E-state index in [1.54, 1.807) is 12.1 Å². The van der Waals surface area contributed by atoms with Crippen LogP contribution in [0.25, 0.3) is 0 Å². The van der Waals surface area contributed by atoms with E-state index < -0.39 is 0 Å². The zero-order valence-electron chi connectivity index (χ0n) is 13.1. The van der Waals surface area contributed by atoms with Gasteiger partial charge in [0.25, 0.3) is 5.91 Å². The van der Waals surface area contributed by atoms with Crippen LogP contribution in [0.4, 0.5) is 0 Å². The Kier molecular flexibility index (Phi) is 6.64. The SMILES string of the molecule is CN1CCOC[C@@H](CNC(=O)c2cccc(OCCN)c2)C1. The van der Waals surface area contributed by atoms with E-state index in [-0.39, 0.29) is 5.91 Å². The fourth-order valence-corrected chi connectivity index (χ4v) is 2.42. The van der Waals surface area contributed by atoms with Gasteiger partial charge in [-0.1, -0.05) is 6.07 Å². The number of hydrogen-bond donors (Lipinski definition) is 2. The number of carbonyl (C=O) groups is 1. The Bertz CT molecular complexity index is 481. The van der Waals surface area contributed by atoms with Crippen molar-refractivity contribution in [1.82, 2.24) is 10.2 Å². The lowest BCUT2D eigenvalue weighted by atomic mass is 10.1. The third-order valence-corrected chi connectivity index (χ3v) is 3.57. The monoisotopic (exact) mass is 307 g/mol. The molecule has 0 unspecified atom stereocenters. The molecule has 3 N–H and O–H groups in total. The lowest BCUT2D eigenvalue weighted by Gasteiger charge is -2.19. The first-order valence-electron chi connectivity index (χ1n) is 7.66. The van der Waals surface area contributed by atoms with Gasteiger partial charge in [-0.15, -0.1) is 0 Å². The molecule has 1 aliphatic heterocycles. The fraction of sp³-hybridized carbons (Fsp3) is 0.562. The molecule has 0 bridgehead atoms. The van der Waals surface area contributed by atoms with Crippen LogP contribution in [0.3, 0.4) is 0 Å². The van der Waals surface area contributed by atoms with Crippen LogP contribution in [0.1, 0.15) is 10.4 Å². The number of nitrogens with zero attached hydrogens (tertiary/aromatic N) is 1. The second kappa shape index (κ2) is 8.73. The zero-order chi connectivity index (χ0) is 15.8. The van der Waals surface area contributed by atoms with Crippen LogP contribution in [0.2, 0.25) is 0 Å². The Morgan fingerprint density at radius 2 is 2.41 bits per heavy atom. The molecule has 1 amide bonds. The third kappa shape index (κ3) is 5.29. The van der Waals surface area contributed by atoms with Crippen molar-refractivity contribution in [3.05, 3.63) is 29.8 Å². The van der Waals surface area contributed by atoms with Crippen molar-refractivity contribution in [1.29, 1.82) is 0 Å². The van der Waals surface area contributed by atoms with Gasteiger partial charge in [0, 0.05) is 37.7 Å². The molecule has 0 aromatic heterocycles. The molecular weight excluding hydrogens is 282 g/mol. The summed E-state index contributed by atoms with van der Waals surface area (Å²) < 4.78 is 11.0. The Labute approximate surface area is 131 Å². The molecule has 0 spiro atoms. The molecule has 6 heteroatoms. The molecule has 6 nitrogen and oxygen atoms in total. The minimum absolute atomic E-state index is 0.0925. The van der Waals surface area contributed by atoms with Crippen LogP contribution in [0.5, 0.6) is 5.75 Å². The van der Waals surface area contributed by atoms with Gasteiger partial charge in [0.15, 0.2) is 0 Å². The van der Waals surface area contributed by atoms with Crippen LogP contribution >= 0.6 is 0 Å². The number of amides is 1. The maximum absolute atomic E-state index is 12.2. The molecule has 2 rings (SSSR count). The van der Waals surface area contributed by atoms with E-state index in [4.69, 9.17) is 15.2 Å². The van der Waals surface area contributed by atoms with Crippen LogP contribution in [-0.2, 0) is 4.74 Å². The Morgan fingerprint density at radius 1 is 1.55 bits per heavy atom. The third-order valence-electron chi connectivity index (χ3n) is 3.57. The number of rotatable bonds is 6. The van der Waals surface area contributed by atoms with Crippen molar-refractivity contribution in [3.8, 4) is 5.75 Å². The van der Waals surface area contributed by atoms with Gasteiger partial charge < -0.3 is 25.4 Å². The number of hydrogen-bond acceptors (Lipinski definition) is 5. The van der Waals surface area contributed by atoms with E-state index in [1.807, 2.05) is 12.1 Å². The van der Waals surface area contributed by atoms with Crippen molar-refractivity contribution in [2.75, 3.05) is 53.0 Å². The second-order valence-electron chi connectivity index (χ2n) is 5.58. The first-order chi connectivity index (χ1) is 10.7. The Morgan fingerprint density at radius 3 is 3.23 bits per heavy atom. The molecule has 1 heterocycles. The predicted octanol–water partition coefficient (Wildman–Crippen LogP) is 0.332. The molecule has 1 aliphatic rings. The smallest absolute Gasteiger partial charge is 0.251 e. The van der Waals surface area contributed by atoms with Crippen LogP contribution in [0.15, 0.2) is 24.3 Å². The van der Waals surface area contributed by atoms with Gasteiger partial charge in [0.2, 0.25) is 0 Å². The number of likely N-dealkylation sites (N-methyl/N-ethyl adjacent to an activating group) is 1. The van der Waals surface area contributed by atoms with Gasteiger partial charge in [-0.05, 0) is 25.2 Å². The van der Waals surface area contributed by atoms with Crippen molar-refractivity contribution >= 4 is 5.91 Å². The highest BCUT2D eigenvalue weighted by Gasteiger charge is 2.17. The van der Waals surface area contributed by atoms with Gasteiger partial charge in [-0.2, -0.15) is 0 Å². The highest BCUT2D eigenvalue weighted by atomic mass is 16.5. The van der Waals surface area contributed by atoms with Crippen LogP contribution in [0, 0.1) is 5.92 Å². The largest absolute Gasteiger partial charge is 0.492 e. The lowest BCUT2D eigenvalue weighted by Crippen LogP contribution is -2.35. The molecule has 22 heavy (non-hydrogen) atoms. The van der Waals surface area contributed by atoms with Crippen molar-refractivity contribution in [3.63, 3.8) is 0 Å². The summed E-state index contributed by atoms with van der Waals surface area (Å²) in [6.45, 7) is 4.80. The molecule has 1 saturated heterocycles. The highest BCUT2D eigenvalue weighted by molar-refractivity contribution is 5.94.